The molecule has 2 aromatic carbocycles. The molecule has 0 fully saturated rings. The summed E-state index contributed by atoms with van der Waals surface area (Å²) in [5, 5.41) is 2.67. The molecular formula is C40H44FIrN3OSi-2. The third kappa shape index (κ3) is 8.51. The van der Waals surface area contributed by atoms with Crippen LogP contribution in [-0.4, -0.2) is 23.0 Å². The van der Waals surface area contributed by atoms with Crippen molar-refractivity contribution < 1.29 is 38.5 Å². The van der Waals surface area contributed by atoms with Crippen molar-refractivity contribution in [2.75, 3.05) is 0 Å². The van der Waals surface area contributed by atoms with Gasteiger partial charge in [0.25, 0.3) is 0 Å². The first-order valence-corrected chi connectivity index (χ1v) is 18.8. The molecule has 4 heterocycles. The Labute approximate surface area is 303 Å². The third-order valence-corrected chi connectivity index (χ3v) is 9.56. The Morgan fingerprint density at radius 3 is 2.36 bits per heavy atom. The van der Waals surface area contributed by atoms with Crippen molar-refractivity contribution >= 4 is 35.3 Å². The van der Waals surface area contributed by atoms with E-state index in [1.807, 2.05) is 52.9 Å². The molecule has 0 aliphatic rings. The van der Waals surface area contributed by atoms with Gasteiger partial charge in [0, 0.05) is 47.0 Å². The Balaban J connectivity index is 0.000000241. The van der Waals surface area contributed by atoms with E-state index in [2.05, 4.69) is 46.7 Å². The summed E-state index contributed by atoms with van der Waals surface area (Å²) in [4.78, 5) is 13.0. The number of pyridine rings is 3. The van der Waals surface area contributed by atoms with Crippen molar-refractivity contribution in [3.05, 3.63) is 107 Å². The normalized spacial score (nSPS) is 14.8. The van der Waals surface area contributed by atoms with E-state index in [-0.39, 0.29) is 48.3 Å². The number of hydrogen-bond donors (Lipinski definition) is 0. The van der Waals surface area contributed by atoms with Crippen LogP contribution in [-0.2, 0) is 26.5 Å². The number of aromatic nitrogens is 3. The van der Waals surface area contributed by atoms with Crippen molar-refractivity contribution in [1.29, 1.82) is 0 Å². The molecule has 7 heteroatoms. The van der Waals surface area contributed by atoms with Crippen molar-refractivity contribution in [3.63, 3.8) is 0 Å². The van der Waals surface area contributed by atoms with E-state index in [1.54, 1.807) is 30.3 Å². The molecule has 0 aliphatic heterocycles. The molecule has 47 heavy (non-hydrogen) atoms. The summed E-state index contributed by atoms with van der Waals surface area (Å²) in [6.07, 6.45) is 3.67. The van der Waals surface area contributed by atoms with Crippen LogP contribution in [0.3, 0.4) is 0 Å². The molecule has 0 saturated carbocycles. The molecular weight excluding hydrogens is 778 g/mol. The van der Waals surface area contributed by atoms with Gasteiger partial charge in [0.15, 0.2) is 0 Å². The monoisotopic (exact) mass is 829 g/mol. The summed E-state index contributed by atoms with van der Waals surface area (Å²) < 4.78 is 73.7. The second-order valence-electron chi connectivity index (χ2n) is 14.0. The average molecular weight is 829 g/mol. The van der Waals surface area contributed by atoms with Crippen LogP contribution in [0.25, 0.3) is 44.6 Å². The van der Waals surface area contributed by atoms with Crippen LogP contribution in [0.2, 0.25) is 19.6 Å². The van der Waals surface area contributed by atoms with Gasteiger partial charge in [-0.15, -0.1) is 53.6 Å². The fourth-order valence-electron chi connectivity index (χ4n) is 5.33. The zero-order valence-corrected chi connectivity index (χ0v) is 31.4. The van der Waals surface area contributed by atoms with Gasteiger partial charge in [-0.25, -0.2) is 9.37 Å². The van der Waals surface area contributed by atoms with Crippen LogP contribution >= 0.6 is 0 Å². The summed E-state index contributed by atoms with van der Waals surface area (Å²) in [6, 6.07) is 21.4. The third-order valence-electron chi connectivity index (χ3n) is 7.55. The van der Waals surface area contributed by atoms with Gasteiger partial charge < -0.3 is 14.4 Å². The summed E-state index contributed by atoms with van der Waals surface area (Å²) in [5.74, 6) is -1.06. The molecule has 0 aliphatic carbocycles. The fraction of sp³-hybridized carbons (Fsp3) is 0.325. The number of hydrogen-bond acceptors (Lipinski definition) is 4. The number of halogens is 1. The first kappa shape index (κ1) is 27.4. The molecule has 247 valence electrons. The van der Waals surface area contributed by atoms with Gasteiger partial charge in [-0.1, -0.05) is 89.8 Å². The van der Waals surface area contributed by atoms with Crippen molar-refractivity contribution in [1.82, 2.24) is 15.0 Å². The minimum atomic E-state index is -2.32. The predicted molar refractivity (Wildman–Crippen MR) is 192 cm³/mol. The van der Waals surface area contributed by atoms with E-state index in [0.717, 1.165) is 22.2 Å². The van der Waals surface area contributed by atoms with Crippen LogP contribution in [0.4, 0.5) is 4.39 Å². The molecule has 0 atom stereocenters. The smallest absolute Gasteiger partial charge is 0.216 e. The van der Waals surface area contributed by atoms with Crippen molar-refractivity contribution in [2.45, 2.75) is 80.3 Å². The maximum absolute atomic E-state index is 14.3. The van der Waals surface area contributed by atoms with Crippen LogP contribution in [0.5, 0.6) is 0 Å². The predicted octanol–water partition coefficient (Wildman–Crippen LogP) is 10.4. The number of aryl methyl sites for hydroxylation is 2. The standard InChI is InChI=1S/C22H20FN2O.C18H24NSi.Ir/c1-13-8-9-16-15-6-5-7-17(20(15)26-21(16)25-13)19-10-14(11-22(2,3)4)18(23)12-24-19;1-13(2)16-11-17(15-9-7-14(3)8-10-15)19-12-18(16)20(4,5)6;/h5-6,8-10,12H,11H2,1-4H3;7-9,11-13H,1-6H3;/q2*-1;/i1D3;3D3,13D;. The zero-order valence-electron chi connectivity index (χ0n) is 35.0. The first-order chi connectivity index (χ1) is 24.3. The summed E-state index contributed by atoms with van der Waals surface area (Å²) >= 11 is 0. The van der Waals surface area contributed by atoms with Gasteiger partial charge in [0.2, 0.25) is 5.71 Å². The molecule has 0 N–H and O–H groups in total. The van der Waals surface area contributed by atoms with E-state index >= 15 is 0 Å². The topological polar surface area (TPSA) is 51.8 Å². The average Bonchev–Trinajstić information content (AvgIpc) is 3.42. The Kier molecular flexibility index (Phi) is 8.35. The van der Waals surface area contributed by atoms with Crippen LogP contribution < -0.4 is 5.19 Å². The summed E-state index contributed by atoms with van der Waals surface area (Å²) in [6.45, 7) is 12.2. The molecule has 0 saturated heterocycles. The molecule has 0 bridgehead atoms. The SMILES string of the molecule is [2H]C([2H])([2H])c1c[c-]c(-c2cc(C([2H])(C)C)c([Si](C)(C)C)cn2)cc1.[2H]C([2H])([2H])c1ccc2c(n1)oc1c(-c3cc(CC(C)(C)C)c(F)cn3)[c-]ccc12.[Ir]. The van der Waals surface area contributed by atoms with Crippen molar-refractivity contribution in [3.8, 4) is 22.5 Å². The Morgan fingerprint density at radius 2 is 1.72 bits per heavy atom. The summed E-state index contributed by atoms with van der Waals surface area (Å²) in [7, 11) is -1.61. The zero-order chi connectivity index (χ0) is 39.3. The second kappa shape index (κ2) is 14.3. The Bertz CT molecular complexity index is 2270. The van der Waals surface area contributed by atoms with E-state index < -0.39 is 27.7 Å². The van der Waals surface area contributed by atoms with Gasteiger partial charge in [-0.05, 0) is 58.9 Å². The molecule has 0 amide bonds. The second-order valence-corrected chi connectivity index (χ2v) is 19.0. The largest absolute Gasteiger partial charge is 0.486 e. The molecule has 4 nitrogen and oxygen atoms in total. The maximum atomic E-state index is 14.3. The molecule has 6 aromatic rings. The summed E-state index contributed by atoms with van der Waals surface area (Å²) in [5.41, 5.74) is 5.08. The van der Waals surface area contributed by atoms with Crippen molar-refractivity contribution in [2.24, 2.45) is 5.41 Å². The maximum Gasteiger partial charge on any atom is 0.216 e. The number of rotatable bonds is 5. The Hall–Kier alpha value is -3.51. The van der Waals surface area contributed by atoms with Crippen LogP contribution in [0.1, 0.15) is 72.5 Å². The number of benzene rings is 2. The quantitative estimate of drug-likeness (QED) is 0.128. The molecule has 1 radical (unpaired) electrons. The van der Waals surface area contributed by atoms with Gasteiger partial charge >= 0.3 is 0 Å². The van der Waals surface area contributed by atoms with Gasteiger partial charge in [0.05, 0.1) is 19.9 Å². The minimum absolute atomic E-state index is 0. The van der Waals surface area contributed by atoms with E-state index in [4.69, 9.17) is 14.0 Å². The van der Waals surface area contributed by atoms with Gasteiger partial charge in [-0.2, -0.15) is 0 Å². The van der Waals surface area contributed by atoms with E-state index in [0.29, 0.717) is 34.2 Å². The number of furan rings is 1. The molecule has 6 rings (SSSR count). The molecule has 4 aromatic heterocycles. The van der Waals surface area contributed by atoms with Gasteiger partial charge in [0.1, 0.15) is 5.82 Å². The minimum Gasteiger partial charge on any atom is -0.486 e. The molecule has 0 spiro atoms. The van der Waals surface area contributed by atoms with E-state index in [9.17, 15) is 4.39 Å². The Morgan fingerprint density at radius 1 is 0.957 bits per heavy atom. The number of fused-ring (bicyclic) bond motifs is 3. The van der Waals surface area contributed by atoms with Crippen LogP contribution in [0.15, 0.2) is 71.4 Å². The first-order valence-electron chi connectivity index (χ1n) is 18.8. The molecule has 0 unspecified atom stereocenters. The van der Waals surface area contributed by atoms with E-state index in [1.165, 1.54) is 23.5 Å². The van der Waals surface area contributed by atoms with Gasteiger partial charge in [-0.3, -0.25) is 0 Å². The van der Waals surface area contributed by atoms with Crippen LogP contribution in [0, 0.1) is 37.1 Å². The number of nitrogens with zero attached hydrogens (tertiary/aromatic N) is 3. The fourth-order valence-corrected chi connectivity index (χ4v) is 6.92.